The van der Waals surface area contributed by atoms with E-state index in [0.717, 1.165) is 16.8 Å². The van der Waals surface area contributed by atoms with Crippen molar-refractivity contribution in [1.29, 1.82) is 0 Å². The highest BCUT2D eigenvalue weighted by molar-refractivity contribution is 7.90. The van der Waals surface area contributed by atoms with Crippen LogP contribution in [0, 0.1) is 6.92 Å². The first kappa shape index (κ1) is 19.3. The minimum atomic E-state index is -3.52. The largest absolute Gasteiger partial charge is 0.262 e. The fourth-order valence-electron chi connectivity index (χ4n) is 2.82. The Labute approximate surface area is 173 Å². The van der Waals surface area contributed by atoms with Crippen LogP contribution in [0.15, 0.2) is 94.8 Å². The molecule has 3 aromatic carbocycles. The average Bonchev–Trinajstić information content (AvgIpc) is 3.11. The Bertz CT molecular complexity index is 1280. The summed E-state index contributed by atoms with van der Waals surface area (Å²) < 4.78 is 27.6. The van der Waals surface area contributed by atoms with Gasteiger partial charge < -0.3 is 0 Å². The Hall–Kier alpha value is -3.03. The molecule has 4 rings (SSSR count). The number of rotatable bonds is 5. The third-order valence-corrected chi connectivity index (χ3v) is 6.93. The molecule has 0 saturated heterocycles. The van der Waals surface area contributed by atoms with Crippen LogP contribution in [0.5, 0.6) is 0 Å². The van der Waals surface area contributed by atoms with Gasteiger partial charge in [-0.25, -0.2) is 13.4 Å². The summed E-state index contributed by atoms with van der Waals surface area (Å²) in [6, 6.07) is 25.8. The normalized spacial score (nSPS) is 12.2. The van der Waals surface area contributed by atoms with E-state index < -0.39 is 9.84 Å². The highest BCUT2D eigenvalue weighted by atomic mass is 32.2. The molecule has 1 aromatic heterocycles. The van der Waals surface area contributed by atoms with Crippen LogP contribution in [0.1, 0.15) is 5.56 Å². The van der Waals surface area contributed by atoms with E-state index in [4.69, 9.17) is 0 Å². The monoisotopic (exact) mass is 421 g/mol. The van der Waals surface area contributed by atoms with Crippen LogP contribution in [0.2, 0.25) is 0 Å². The molecule has 5 nitrogen and oxygen atoms in total. The first-order valence-electron chi connectivity index (χ1n) is 9.04. The predicted molar refractivity (Wildman–Crippen MR) is 116 cm³/mol. The van der Waals surface area contributed by atoms with Gasteiger partial charge in [0.2, 0.25) is 4.80 Å². The number of aryl methyl sites for hydroxylation is 1. The molecule has 29 heavy (non-hydrogen) atoms. The van der Waals surface area contributed by atoms with Gasteiger partial charge in [0, 0.05) is 5.56 Å². The molecule has 0 unspecified atom stereocenters. The van der Waals surface area contributed by atoms with Crippen molar-refractivity contribution < 1.29 is 8.42 Å². The summed E-state index contributed by atoms with van der Waals surface area (Å²) in [5.41, 5.74) is 2.75. The molecule has 1 heterocycles. The first-order chi connectivity index (χ1) is 14.0. The Morgan fingerprint density at radius 1 is 0.897 bits per heavy atom. The van der Waals surface area contributed by atoms with Crippen LogP contribution < -0.4 is 4.80 Å². The molecule has 0 fully saturated rings. The lowest BCUT2D eigenvalue weighted by molar-refractivity contribution is 0.587. The molecule has 0 saturated carbocycles. The molecule has 7 heteroatoms. The van der Waals surface area contributed by atoms with Gasteiger partial charge in [-0.3, -0.25) is 3.96 Å². The van der Waals surface area contributed by atoms with E-state index in [1.54, 1.807) is 34.3 Å². The van der Waals surface area contributed by atoms with Crippen LogP contribution >= 0.6 is 11.5 Å². The molecule has 4 aromatic rings. The van der Waals surface area contributed by atoms with Crippen molar-refractivity contribution in [3.8, 4) is 11.4 Å². The summed E-state index contributed by atoms with van der Waals surface area (Å²) in [6.07, 6.45) is 0. The Morgan fingerprint density at radius 2 is 1.52 bits per heavy atom. The Balaban J connectivity index is 1.81. The second-order valence-electron chi connectivity index (χ2n) is 6.56. The molecular formula is C22H19N3O2S2. The quantitative estimate of drug-likeness (QED) is 0.474. The van der Waals surface area contributed by atoms with Gasteiger partial charge in [-0.05, 0) is 42.7 Å². The zero-order valence-corrected chi connectivity index (χ0v) is 17.4. The molecule has 0 aliphatic carbocycles. The second-order valence-corrected chi connectivity index (χ2v) is 9.51. The maximum absolute atomic E-state index is 12.9. The van der Waals surface area contributed by atoms with E-state index in [9.17, 15) is 8.42 Å². The number of sulfone groups is 1. The SMILES string of the molecule is Cc1ccc(-c2nc(=Nc3ccccc3)sn2CS(=O)(=O)c2ccccc2)cc1. The number of hydrogen-bond donors (Lipinski definition) is 0. The summed E-state index contributed by atoms with van der Waals surface area (Å²) in [5.74, 6) is 0.395. The summed E-state index contributed by atoms with van der Waals surface area (Å²) >= 11 is 1.23. The molecule has 0 aliphatic heterocycles. The maximum atomic E-state index is 12.9. The Morgan fingerprint density at radius 3 is 2.17 bits per heavy atom. The van der Waals surface area contributed by atoms with Gasteiger partial charge >= 0.3 is 0 Å². The molecule has 0 radical (unpaired) electrons. The van der Waals surface area contributed by atoms with Gasteiger partial charge in [-0.2, -0.15) is 4.98 Å². The topological polar surface area (TPSA) is 64.3 Å². The van der Waals surface area contributed by atoms with Crippen molar-refractivity contribution in [1.82, 2.24) is 8.94 Å². The number of benzene rings is 3. The van der Waals surface area contributed by atoms with Crippen molar-refractivity contribution in [3.63, 3.8) is 0 Å². The van der Waals surface area contributed by atoms with Crippen molar-refractivity contribution in [3.05, 3.63) is 95.3 Å². The maximum Gasteiger partial charge on any atom is 0.228 e. The lowest BCUT2D eigenvalue weighted by Crippen LogP contribution is -2.10. The van der Waals surface area contributed by atoms with Gasteiger partial charge in [-0.15, -0.1) is 0 Å². The van der Waals surface area contributed by atoms with Crippen LogP contribution in [-0.4, -0.2) is 17.4 Å². The van der Waals surface area contributed by atoms with E-state index in [-0.39, 0.29) is 10.8 Å². The smallest absolute Gasteiger partial charge is 0.228 e. The number of para-hydroxylation sites is 1. The number of hydrogen-bond acceptors (Lipinski definition) is 5. The summed E-state index contributed by atoms with van der Waals surface area (Å²) in [6.45, 7) is 2.01. The zero-order valence-electron chi connectivity index (χ0n) is 15.8. The molecule has 0 spiro atoms. The molecule has 0 bridgehead atoms. The van der Waals surface area contributed by atoms with Gasteiger partial charge in [-0.1, -0.05) is 66.2 Å². The summed E-state index contributed by atoms with van der Waals surface area (Å²) in [5, 5.41) is 0. The van der Waals surface area contributed by atoms with Crippen molar-refractivity contribution in [2.45, 2.75) is 17.7 Å². The van der Waals surface area contributed by atoms with Crippen molar-refractivity contribution >= 4 is 27.1 Å². The van der Waals surface area contributed by atoms with Crippen LogP contribution in [0.25, 0.3) is 11.4 Å². The molecule has 0 aliphatic rings. The van der Waals surface area contributed by atoms with E-state index in [1.165, 1.54) is 11.5 Å². The first-order valence-corrected chi connectivity index (χ1v) is 11.5. The number of aromatic nitrogens is 2. The van der Waals surface area contributed by atoms with Crippen LogP contribution in [0.3, 0.4) is 0 Å². The average molecular weight is 422 g/mol. The minimum Gasteiger partial charge on any atom is -0.262 e. The van der Waals surface area contributed by atoms with Gasteiger partial charge in [0.15, 0.2) is 15.7 Å². The highest BCUT2D eigenvalue weighted by Gasteiger charge is 2.19. The van der Waals surface area contributed by atoms with Crippen molar-refractivity contribution in [2.75, 3.05) is 0 Å². The molecule has 0 amide bonds. The van der Waals surface area contributed by atoms with E-state index >= 15 is 0 Å². The van der Waals surface area contributed by atoms with E-state index in [0.29, 0.717) is 10.6 Å². The second kappa shape index (κ2) is 8.14. The van der Waals surface area contributed by atoms with Crippen molar-refractivity contribution in [2.24, 2.45) is 4.99 Å². The number of nitrogens with zero attached hydrogens (tertiary/aromatic N) is 3. The molecule has 0 atom stereocenters. The highest BCUT2D eigenvalue weighted by Crippen LogP contribution is 2.22. The third-order valence-electron chi connectivity index (χ3n) is 4.31. The van der Waals surface area contributed by atoms with E-state index in [1.807, 2.05) is 61.5 Å². The standard InChI is InChI=1S/C22H19N3O2S2/c1-17-12-14-18(15-13-17)21-24-22(23-19-8-4-2-5-9-19)28-25(21)16-29(26,27)20-10-6-3-7-11-20/h2-15H,16H2,1H3. The predicted octanol–water partition coefficient (Wildman–Crippen LogP) is 4.58. The summed E-state index contributed by atoms with van der Waals surface area (Å²) in [4.78, 5) is 9.99. The van der Waals surface area contributed by atoms with Crippen LogP contribution in [-0.2, 0) is 15.7 Å². The summed E-state index contributed by atoms with van der Waals surface area (Å²) in [7, 11) is -3.52. The van der Waals surface area contributed by atoms with E-state index in [2.05, 4.69) is 9.98 Å². The molecule has 0 N–H and O–H groups in total. The Kier molecular flexibility index (Phi) is 5.42. The fraction of sp³-hybridized carbons (Fsp3) is 0.0909. The molecular weight excluding hydrogens is 402 g/mol. The molecule has 146 valence electrons. The lowest BCUT2D eigenvalue weighted by atomic mass is 10.1. The third kappa shape index (κ3) is 4.52. The minimum absolute atomic E-state index is 0.192. The van der Waals surface area contributed by atoms with Gasteiger partial charge in [0.05, 0.1) is 10.6 Å². The fourth-order valence-corrected chi connectivity index (χ4v) is 5.30. The van der Waals surface area contributed by atoms with Gasteiger partial charge in [0.1, 0.15) is 5.88 Å². The van der Waals surface area contributed by atoms with Gasteiger partial charge in [0.25, 0.3) is 0 Å². The van der Waals surface area contributed by atoms with Crippen LogP contribution in [0.4, 0.5) is 5.69 Å². The lowest BCUT2D eigenvalue weighted by Gasteiger charge is -2.08. The zero-order chi connectivity index (χ0) is 20.3.